The van der Waals surface area contributed by atoms with E-state index in [1.165, 1.54) is 12.1 Å². The molecule has 3 aromatic carbocycles. The molecule has 0 bridgehead atoms. The van der Waals surface area contributed by atoms with E-state index >= 15 is 0 Å². The van der Waals surface area contributed by atoms with Gasteiger partial charge in [-0.2, -0.15) is 0 Å². The molecule has 5 rings (SSSR count). The van der Waals surface area contributed by atoms with Crippen molar-refractivity contribution in [3.63, 3.8) is 0 Å². The molecule has 2 aliphatic heterocycles. The zero-order valence-electron chi connectivity index (χ0n) is 20.0. The van der Waals surface area contributed by atoms with E-state index in [2.05, 4.69) is 10.3 Å². The molecule has 9 heteroatoms. The minimum absolute atomic E-state index is 0.0617. The van der Waals surface area contributed by atoms with Crippen LogP contribution in [-0.4, -0.2) is 50.2 Å². The van der Waals surface area contributed by atoms with Crippen molar-refractivity contribution in [2.24, 2.45) is 10.7 Å². The Bertz CT molecular complexity index is 1380. The second kappa shape index (κ2) is 10.6. The number of fused-ring (bicyclic) bond motifs is 1. The molecule has 1 amide bonds. The number of ether oxygens (including phenoxy) is 2. The SMILES string of the molecule is N=C(OC(N)=NC1C=C(c2ccccc2)c2ccccc2NC1=O)c1ccc(N2CCOCC2)cc1F. The number of halogens is 1. The molecule has 3 aromatic rings. The number of nitrogens with zero attached hydrogens (tertiary/aromatic N) is 2. The lowest BCUT2D eigenvalue weighted by atomic mass is 9.96. The highest BCUT2D eigenvalue weighted by atomic mass is 19.1. The number of nitrogens with two attached hydrogens (primary N) is 1. The van der Waals surface area contributed by atoms with Crippen LogP contribution in [-0.2, 0) is 14.3 Å². The molecular formula is C28H26FN5O3. The number of morpholine rings is 1. The van der Waals surface area contributed by atoms with Gasteiger partial charge in [-0.25, -0.2) is 9.38 Å². The van der Waals surface area contributed by atoms with Crippen LogP contribution in [0.2, 0.25) is 0 Å². The average molecular weight is 500 g/mol. The number of aliphatic imine (C=N–C) groups is 1. The number of carbonyl (C=O) groups excluding carboxylic acids is 1. The fraction of sp³-hybridized carbons (Fsp3) is 0.179. The van der Waals surface area contributed by atoms with Crippen molar-refractivity contribution >= 4 is 34.8 Å². The molecule has 0 radical (unpaired) electrons. The summed E-state index contributed by atoms with van der Waals surface area (Å²) >= 11 is 0. The molecule has 2 heterocycles. The zero-order valence-corrected chi connectivity index (χ0v) is 20.0. The summed E-state index contributed by atoms with van der Waals surface area (Å²) in [5.41, 5.74) is 9.81. The lowest BCUT2D eigenvalue weighted by Crippen LogP contribution is -2.36. The first kappa shape index (κ1) is 24.2. The quantitative estimate of drug-likeness (QED) is 0.374. The van der Waals surface area contributed by atoms with Gasteiger partial charge in [-0.1, -0.05) is 48.5 Å². The molecule has 2 aliphatic rings. The standard InChI is InChI=1S/C28H26FN5O3/c29-23-16-19(34-12-14-36-15-13-34)10-11-21(23)26(30)37-28(31)33-25-17-22(18-6-2-1-3-7-18)20-8-4-5-9-24(20)32-27(25)35/h1-11,16-17,25,30H,12-15H2,(H2,31,33)(H,32,35). The smallest absolute Gasteiger partial charge is 0.289 e. The van der Waals surface area contributed by atoms with Gasteiger partial charge < -0.3 is 25.4 Å². The van der Waals surface area contributed by atoms with Crippen LogP contribution in [0, 0.1) is 11.2 Å². The van der Waals surface area contributed by atoms with Crippen LogP contribution in [0.15, 0.2) is 83.9 Å². The largest absolute Gasteiger partial charge is 0.407 e. The minimum atomic E-state index is -1.02. The van der Waals surface area contributed by atoms with E-state index in [0.717, 1.165) is 16.7 Å². The first-order valence-electron chi connectivity index (χ1n) is 11.9. The molecular weight excluding hydrogens is 473 g/mol. The van der Waals surface area contributed by atoms with Crippen molar-refractivity contribution < 1.29 is 18.7 Å². The van der Waals surface area contributed by atoms with E-state index in [1.807, 2.05) is 59.5 Å². The maximum Gasteiger partial charge on any atom is 0.289 e. The predicted octanol–water partition coefficient (Wildman–Crippen LogP) is 3.77. The number of hydrogen-bond donors (Lipinski definition) is 3. The van der Waals surface area contributed by atoms with E-state index in [0.29, 0.717) is 37.7 Å². The van der Waals surface area contributed by atoms with Crippen LogP contribution in [0.3, 0.4) is 0 Å². The zero-order chi connectivity index (χ0) is 25.8. The molecule has 1 fully saturated rings. The summed E-state index contributed by atoms with van der Waals surface area (Å²) in [4.78, 5) is 19.2. The number of amides is 1. The summed E-state index contributed by atoms with van der Waals surface area (Å²) in [6.07, 6.45) is 1.70. The van der Waals surface area contributed by atoms with Crippen LogP contribution in [0.4, 0.5) is 15.8 Å². The van der Waals surface area contributed by atoms with Gasteiger partial charge in [-0.05, 0) is 41.5 Å². The highest BCUT2D eigenvalue weighted by Gasteiger charge is 2.25. The van der Waals surface area contributed by atoms with Crippen LogP contribution >= 0.6 is 0 Å². The number of para-hydroxylation sites is 1. The van der Waals surface area contributed by atoms with E-state index in [-0.39, 0.29) is 5.56 Å². The molecule has 188 valence electrons. The van der Waals surface area contributed by atoms with Gasteiger partial charge in [0, 0.05) is 30.0 Å². The molecule has 4 N–H and O–H groups in total. The van der Waals surface area contributed by atoms with Gasteiger partial charge in [0.15, 0.2) is 6.04 Å². The Morgan fingerprint density at radius 1 is 1.08 bits per heavy atom. The Hall–Kier alpha value is -4.50. The van der Waals surface area contributed by atoms with Gasteiger partial charge in [0.1, 0.15) is 5.82 Å². The summed E-state index contributed by atoms with van der Waals surface area (Å²) in [7, 11) is 0. The first-order chi connectivity index (χ1) is 18.0. The average Bonchev–Trinajstić information content (AvgIpc) is 3.05. The highest BCUT2D eigenvalue weighted by molar-refractivity contribution is 6.05. The van der Waals surface area contributed by atoms with E-state index < -0.39 is 29.7 Å². The molecule has 0 aliphatic carbocycles. The highest BCUT2D eigenvalue weighted by Crippen LogP contribution is 2.32. The Balaban J connectivity index is 1.38. The normalized spacial score (nSPS) is 17.8. The summed E-state index contributed by atoms with van der Waals surface area (Å²) in [5, 5.41) is 11.1. The lowest BCUT2D eigenvalue weighted by Gasteiger charge is -2.29. The molecule has 1 saturated heterocycles. The third kappa shape index (κ3) is 5.36. The van der Waals surface area contributed by atoms with Gasteiger partial charge in [0.25, 0.3) is 11.9 Å². The topological polar surface area (TPSA) is 113 Å². The molecule has 1 unspecified atom stereocenters. The van der Waals surface area contributed by atoms with Crippen LogP contribution in [0.1, 0.15) is 16.7 Å². The second-order valence-electron chi connectivity index (χ2n) is 8.59. The minimum Gasteiger partial charge on any atom is -0.407 e. The Morgan fingerprint density at radius 2 is 1.81 bits per heavy atom. The van der Waals surface area contributed by atoms with Crippen molar-refractivity contribution in [1.29, 1.82) is 5.41 Å². The van der Waals surface area contributed by atoms with Crippen molar-refractivity contribution in [1.82, 2.24) is 0 Å². The fourth-order valence-electron chi connectivity index (χ4n) is 4.35. The van der Waals surface area contributed by atoms with Gasteiger partial charge in [0.2, 0.25) is 5.90 Å². The van der Waals surface area contributed by atoms with Crippen LogP contribution in [0.25, 0.3) is 5.57 Å². The lowest BCUT2D eigenvalue weighted by molar-refractivity contribution is -0.116. The molecule has 0 aromatic heterocycles. The van der Waals surface area contributed by atoms with E-state index in [9.17, 15) is 9.18 Å². The first-order valence-corrected chi connectivity index (χ1v) is 11.9. The molecule has 0 spiro atoms. The van der Waals surface area contributed by atoms with Crippen LogP contribution in [0.5, 0.6) is 0 Å². The van der Waals surface area contributed by atoms with Crippen LogP contribution < -0.4 is 16.0 Å². The third-order valence-corrected chi connectivity index (χ3v) is 6.20. The molecule has 1 atom stereocenters. The van der Waals surface area contributed by atoms with Crippen molar-refractivity contribution in [3.05, 3.63) is 101 Å². The summed E-state index contributed by atoms with van der Waals surface area (Å²) in [5.74, 6) is -1.52. The fourth-order valence-corrected chi connectivity index (χ4v) is 4.35. The number of hydrogen-bond acceptors (Lipinski definition) is 6. The molecule has 8 nitrogen and oxygen atoms in total. The monoisotopic (exact) mass is 499 g/mol. The third-order valence-electron chi connectivity index (χ3n) is 6.20. The summed E-state index contributed by atoms with van der Waals surface area (Å²) in [6.45, 7) is 2.49. The number of carbonyl (C=O) groups is 1. The maximum atomic E-state index is 14.8. The maximum absolute atomic E-state index is 14.8. The van der Waals surface area contributed by atoms with Crippen molar-refractivity contribution in [2.45, 2.75) is 6.04 Å². The second-order valence-corrected chi connectivity index (χ2v) is 8.59. The summed E-state index contributed by atoms with van der Waals surface area (Å²) < 4.78 is 25.5. The van der Waals surface area contributed by atoms with Crippen molar-refractivity contribution in [2.75, 3.05) is 36.5 Å². The van der Waals surface area contributed by atoms with E-state index in [4.69, 9.17) is 20.6 Å². The number of benzene rings is 3. The van der Waals surface area contributed by atoms with Gasteiger partial charge in [-0.3, -0.25) is 10.2 Å². The molecule has 0 saturated carbocycles. The van der Waals surface area contributed by atoms with Gasteiger partial charge >= 0.3 is 0 Å². The Labute approximate surface area is 213 Å². The predicted molar refractivity (Wildman–Crippen MR) is 141 cm³/mol. The Morgan fingerprint density at radius 3 is 2.57 bits per heavy atom. The number of rotatable bonds is 4. The van der Waals surface area contributed by atoms with Gasteiger partial charge in [0.05, 0.1) is 18.8 Å². The summed E-state index contributed by atoms with van der Waals surface area (Å²) in [6, 6.07) is 20.2. The Kier molecular flexibility index (Phi) is 6.96. The number of nitrogens with one attached hydrogen (secondary N) is 2. The molecule has 37 heavy (non-hydrogen) atoms. The van der Waals surface area contributed by atoms with Crippen molar-refractivity contribution in [3.8, 4) is 0 Å². The van der Waals surface area contributed by atoms with Gasteiger partial charge in [-0.15, -0.1) is 0 Å². The van der Waals surface area contributed by atoms with E-state index in [1.54, 1.807) is 12.1 Å². The number of amidine groups is 1. The number of anilines is 2.